The van der Waals surface area contributed by atoms with Crippen LogP contribution < -0.4 is 35.9 Å². The van der Waals surface area contributed by atoms with Gasteiger partial charge >= 0.3 is 0 Å². The van der Waals surface area contributed by atoms with E-state index in [4.69, 9.17) is 15.6 Å². The minimum Gasteiger partial charge on any atom is -0.790 e. The quantitative estimate of drug-likeness (QED) is 0.0512. The molecule has 1 fully saturated rings. The van der Waals surface area contributed by atoms with Crippen molar-refractivity contribution in [2.45, 2.75) is 57.8 Å². The van der Waals surface area contributed by atoms with Crippen LogP contribution in [0.5, 0.6) is 0 Å². The summed E-state index contributed by atoms with van der Waals surface area (Å²) in [5, 5.41) is 34.8. The van der Waals surface area contributed by atoms with Gasteiger partial charge in [0.15, 0.2) is 22.8 Å². The number of imidazole rings is 1. The monoisotopic (exact) mass is 849 g/mol. The molecule has 0 spiro atoms. The number of thioether (sulfide) groups is 1. The molecule has 25 nitrogen and oxygen atoms in total. The van der Waals surface area contributed by atoms with Gasteiger partial charge in [-0.3, -0.25) is 28.1 Å². The van der Waals surface area contributed by atoms with E-state index in [1.165, 1.54) is 13.8 Å². The molecule has 0 radical (unpaired) electrons. The number of rotatable bonds is 21. The Kier molecular flexibility index (Phi) is 16.2. The van der Waals surface area contributed by atoms with Crippen LogP contribution in [0.4, 0.5) is 5.82 Å². The van der Waals surface area contributed by atoms with E-state index in [-0.39, 0.29) is 54.0 Å². The second kappa shape index (κ2) is 19.1. The van der Waals surface area contributed by atoms with Gasteiger partial charge in [-0.25, -0.2) is 19.3 Å². The number of hydrogen-bond donors (Lipinski definition) is 6. The fraction of sp³-hybridized carbons (Fsp3) is 0.680. The highest BCUT2D eigenvalue weighted by Crippen LogP contribution is 2.56. The van der Waals surface area contributed by atoms with E-state index < -0.39 is 90.5 Å². The number of aliphatic hydroxyl groups excluding tert-OH is 3. The number of amides is 2. The molecule has 54 heavy (non-hydrogen) atoms. The number of aliphatic hydroxyl groups is 3. The summed E-state index contributed by atoms with van der Waals surface area (Å²) in [5.41, 5.74) is 4.04. The van der Waals surface area contributed by atoms with Crippen molar-refractivity contribution in [1.82, 2.24) is 30.2 Å². The number of carbonyl (C=O) groups is 3. The van der Waals surface area contributed by atoms with Crippen LogP contribution in [0.3, 0.4) is 0 Å². The number of fused-ring (bicyclic) bond motifs is 1. The van der Waals surface area contributed by atoms with Crippen molar-refractivity contribution in [3.8, 4) is 0 Å². The van der Waals surface area contributed by atoms with Gasteiger partial charge in [-0.2, -0.15) is 0 Å². The average Bonchev–Trinajstić information content (AvgIpc) is 3.64. The third kappa shape index (κ3) is 13.3. The summed E-state index contributed by atoms with van der Waals surface area (Å²) in [6.45, 7) is 1.21. The minimum absolute atomic E-state index is 0.0260. The van der Waals surface area contributed by atoms with E-state index in [0.717, 1.165) is 29.0 Å². The second-order valence-electron chi connectivity index (χ2n) is 12.2. The Morgan fingerprint density at radius 2 is 1.76 bits per heavy atom. The first-order valence-corrected chi connectivity index (χ1v) is 20.9. The van der Waals surface area contributed by atoms with Gasteiger partial charge in [-0.1, -0.05) is 32.5 Å². The summed E-state index contributed by atoms with van der Waals surface area (Å²) in [4.78, 5) is 95.4. The molecule has 0 saturated carbocycles. The molecule has 7 N–H and O–H groups in total. The number of ether oxygens (including phenoxy) is 1. The zero-order valence-electron chi connectivity index (χ0n) is 28.7. The Morgan fingerprint density at radius 1 is 1.09 bits per heavy atom. The first-order valence-electron chi connectivity index (χ1n) is 15.6. The van der Waals surface area contributed by atoms with Crippen LogP contribution in [0.15, 0.2) is 12.7 Å². The predicted octanol–water partition coefficient (Wildman–Crippen LogP) is -4.23. The molecule has 2 unspecified atom stereocenters. The van der Waals surface area contributed by atoms with Crippen molar-refractivity contribution in [3.05, 3.63) is 12.7 Å². The lowest BCUT2D eigenvalue weighted by molar-refractivity contribution is -0.347. The molecule has 29 heteroatoms. The van der Waals surface area contributed by atoms with Gasteiger partial charge < -0.3 is 74.1 Å². The standard InChI is InChI=1S/C25H42N7O18P3S/c1-13(8-33)24(38)54-7-6-27-15(34)4-5-28-22(37)19(36)25(2,3)10-47-53(44,45)50-52(42,43)46-9-14-18(49-51(39,40)41)17(35)23(48-14)32-12-31-16-20(26)29-11-30-21(16)32/h11-14,17-19,23,33,35-36H,4-10H2,1-3H3,(H,27,34)(H,28,37)(H,42,43)(H,44,45)(H2,26,29,30)(H2,39,40,41)/p-4/t13-,14-,17-,18-,19+,23-/m1/s1. The van der Waals surface area contributed by atoms with Crippen LogP contribution in [0, 0.1) is 11.3 Å². The van der Waals surface area contributed by atoms with E-state index in [0.29, 0.717) is 0 Å². The normalized spacial score (nSPS) is 22.6. The maximum absolute atomic E-state index is 12.5. The van der Waals surface area contributed by atoms with Crippen LogP contribution in [-0.2, 0) is 50.7 Å². The zero-order valence-corrected chi connectivity index (χ0v) is 32.1. The molecule has 8 atom stereocenters. The molecule has 3 heterocycles. The number of phosphoric ester groups is 3. The lowest BCUT2D eigenvalue weighted by Crippen LogP contribution is -2.46. The molecule has 0 aromatic carbocycles. The van der Waals surface area contributed by atoms with Crippen LogP contribution >= 0.6 is 35.2 Å². The maximum Gasteiger partial charge on any atom is 0.274 e. The fourth-order valence-corrected chi connectivity index (χ4v) is 7.98. The Hall–Kier alpha value is -2.48. The van der Waals surface area contributed by atoms with Crippen molar-refractivity contribution in [2.24, 2.45) is 11.3 Å². The van der Waals surface area contributed by atoms with Crippen LogP contribution in [-0.4, -0.2) is 115 Å². The van der Waals surface area contributed by atoms with Gasteiger partial charge in [-0.05, 0) is 0 Å². The van der Waals surface area contributed by atoms with E-state index in [1.807, 2.05) is 0 Å². The summed E-state index contributed by atoms with van der Waals surface area (Å²) in [5.74, 6) is -1.91. The molecular formula is C25H38N7O18P3S-4. The molecule has 1 aliphatic heterocycles. The smallest absolute Gasteiger partial charge is 0.274 e. The number of aromatic nitrogens is 4. The van der Waals surface area contributed by atoms with Crippen LogP contribution in [0.25, 0.3) is 11.2 Å². The lowest BCUT2D eigenvalue weighted by atomic mass is 9.87. The number of nitrogens with two attached hydrogens (primary N) is 1. The second-order valence-corrected chi connectivity index (χ2v) is 17.4. The van der Waals surface area contributed by atoms with Crippen molar-refractivity contribution < 1.29 is 85.6 Å². The van der Waals surface area contributed by atoms with E-state index in [9.17, 15) is 57.9 Å². The largest absolute Gasteiger partial charge is 0.790 e. The van der Waals surface area contributed by atoms with Gasteiger partial charge in [0.1, 0.15) is 36.3 Å². The number of nitrogens with one attached hydrogen (secondary N) is 2. The van der Waals surface area contributed by atoms with E-state index in [1.54, 1.807) is 6.92 Å². The first kappa shape index (κ1) is 45.9. The van der Waals surface area contributed by atoms with Gasteiger partial charge in [0.25, 0.3) is 15.6 Å². The fourth-order valence-electron chi connectivity index (χ4n) is 4.48. The number of hydrogen-bond acceptors (Lipinski definition) is 23. The summed E-state index contributed by atoms with van der Waals surface area (Å²) in [7, 11) is -17.6. The molecule has 2 aromatic rings. The van der Waals surface area contributed by atoms with Crippen molar-refractivity contribution in [3.63, 3.8) is 0 Å². The van der Waals surface area contributed by atoms with Crippen LogP contribution in [0.2, 0.25) is 0 Å². The number of nitrogens with zero attached hydrogens (tertiary/aromatic N) is 4. The highest BCUT2D eigenvalue weighted by molar-refractivity contribution is 8.13. The SMILES string of the molecule is C[C@H](CO)C(=O)SCCNC(=O)CCNC(=O)[C@H](O)C(C)(C)COP(=O)([O-])OP(=O)([O-])OC[C@H]1O[C@@H](n2cnc3c(N)ncnc32)[C@H](O)[C@@H]1OP(=O)([O-])[O-]. The lowest BCUT2D eigenvalue weighted by Gasteiger charge is -2.36. The predicted molar refractivity (Wildman–Crippen MR) is 174 cm³/mol. The molecule has 2 amide bonds. The summed E-state index contributed by atoms with van der Waals surface area (Å²) in [6.07, 6.45) is -7.66. The Bertz CT molecular complexity index is 1780. The molecule has 3 rings (SSSR count). The third-order valence-corrected chi connectivity index (χ3v) is 11.5. The molecule has 2 aromatic heterocycles. The molecular weight excluding hydrogens is 811 g/mol. The number of carbonyl (C=O) groups excluding carboxylic acids is 3. The Balaban J connectivity index is 1.51. The maximum atomic E-state index is 12.5. The van der Waals surface area contributed by atoms with Gasteiger partial charge in [0.05, 0.1) is 34.0 Å². The Labute approximate surface area is 310 Å². The zero-order chi connectivity index (χ0) is 40.6. The van der Waals surface area contributed by atoms with E-state index in [2.05, 4.69) is 43.5 Å². The summed E-state index contributed by atoms with van der Waals surface area (Å²) in [6, 6.07) is 0. The van der Waals surface area contributed by atoms with Gasteiger partial charge in [-0.15, -0.1) is 0 Å². The summed E-state index contributed by atoms with van der Waals surface area (Å²) >= 11 is 0.931. The third-order valence-electron chi connectivity index (χ3n) is 7.40. The van der Waals surface area contributed by atoms with Gasteiger partial charge in [0, 0.05) is 36.6 Å². The van der Waals surface area contributed by atoms with E-state index >= 15 is 0 Å². The topological polar surface area (TPSA) is 395 Å². The number of anilines is 1. The van der Waals surface area contributed by atoms with Crippen LogP contribution in [0.1, 0.15) is 33.4 Å². The molecule has 0 bridgehead atoms. The highest BCUT2D eigenvalue weighted by atomic mass is 32.2. The van der Waals surface area contributed by atoms with Crippen molar-refractivity contribution in [2.75, 3.05) is 44.4 Å². The van der Waals surface area contributed by atoms with Crippen molar-refractivity contribution >= 4 is 69.1 Å². The minimum atomic E-state index is -5.92. The molecule has 0 aliphatic carbocycles. The number of nitrogen functional groups attached to an aromatic ring is 1. The summed E-state index contributed by atoms with van der Waals surface area (Å²) < 4.78 is 60.3. The average molecular weight is 850 g/mol. The Morgan fingerprint density at radius 3 is 2.41 bits per heavy atom. The first-order chi connectivity index (χ1) is 25.0. The van der Waals surface area contributed by atoms with Crippen molar-refractivity contribution in [1.29, 1.82) is 0 Å². The number of phosphoric acid groups is 3. The van der Waals surface area contributed by atoms with Gasteiger partial charge in [0.2, 0.25) is 11.8 Å². The molecule has 306 valence electrons. The molecule has 1 saturated heterocycles. The highest BCUT2D eigenvalue weighted by Gasteiger charge is 2.47. The molecule has 1 aliphatic rings.